The monoisotopic (exact) mass is 364 g/mol. The second-order valence-electron chi connectivity index (χ2n) is 6.21. The summed E-state index contributed by atoms with van der Waals surface area (Å²) in [6, 6.07) is 7.73. The molecule has 2 heterocycles. The Kier molecular flexibility index (Phi) is 5.39. The fourth-order valence-corrected chi connectivity index (χ4v) is 2.88. The molecule has 0 aliphatic carbocycles. The molecule has 1 aliphatic heterocycles. The molecule has 1 aromatic carbocycles. The van der Waals surface area contributed by atoms with Crippen molar-refractivity contribution < 1.29 is 18.0 Å². The molecule has 1 saturated heterocycles. The predicted octanol–water partition coefficient (Wildman–Crippen LogP) is 4.13. The molecule has 2 aromatic rings. The first-order valence-electron chi connectivity index (χ1n) is 8.51. The minimum absolute atomic E-state index is 0.0565. The molecule has 138 valence electrons. The third-order valence-electron chi connectivity index (χ3n) is 4.26. The highest BCUT2D eigenvalue weighted by atomic mass is 19.4. The number of hydrogen-bond donors (Lipinski definition) is 1. The van der Waals surface area contributed by atoms with Gasteiger partial charge in [-0.05, 0) is 43.2 Å². The van der Waals surface area contributed by atoms with E-state index in [-0.39, 0.29) is 11.4 Å². The van der Waals surface area contributed by atoms with Gasteiger partial charge in [-0.2, -0.15) is 13.2 Å². The minimum Gasteiger partial charge on any atom is -0.355 e. The van der Waals surface area contributed by atoms with Crippen molar-refractivity contribution in [1.82, 2.24) is 10.2 Å². The molecule has 26 heavy (non-hydrogen) atoms. The molecule has 1 fully saturated rings. The average Bonchev–Trinajstić information content (AvgIpc) is 2.91. The van der Waals surface area contributed by atoms with Crippen LogP contribution in [0.5, 0.6) is 0 Å². The normalized spacial score (nSPS) is 15.4. The maximum Gasteiger partial charge on any atom is 0.416 e. The molecule has 1 N–H and O–H groups in total. The Labute approximate surface area is 149 Å². The van der Waals surface area contributed by atoms with E-state index in [0.29, 0.717) is 5.82 Å². The van der Waals surface area contributed by atoms with Gasteiger partial charge in [0, 0.05) is 18.8 Å². The van der Waals surface area contributed by atoms with Gasteiger partial charge in [-0.25, -0.2) is 0 Å². The number of rotatable bonds is 3. The van der Waals surface area contributed by atoms with Gasteiger partial charge in [-0.3, -0.25) is 4.79 Å². The van der Waals surface area contributed by atoms with E-state index in [0.717, 1.165) is 38.1 Å². The number of alkyl halides is 3. The number of aromatic nitrogens is 2. The Balaban J connectivity index is 1.68. The highest BCUT2D eigenvalue weighted by molar-refractivity contribution is 6.02. The van der Waals surface area contributed by atoms with Crippen LogP contribution in [-0.4, -0.2) is 29.2 Å². The van der Waals surface area contributed by atoms with Gasteiger partial charge in [0.2, 0.25) is 0 Å². The number of nitrogens with zero attached hydrogens (tertiary/aromatic N) is 3. The summed E-state index contributed by atoms with van der Waals surface area (Å²) in [6.07, 6.45) is 0.122. The lowest BCUT2D eigenvalue weighted by Crippen LogP contribution is -2.25. The number of carbonyl (C=O) groups is 1. The first kappa shape index (κ1) is 18.2. The summed E-state index contributed by atoms with van der Waals surface area (Å²) in [5, 5.41) is 10.4. The van der Waals surface area contributed by atoms with Crippen LogP contribution in [-0.2, 0) is 6.18 Å². The van der Waals surface area contributed by atoms with E-state index in [1.807, 2.05) is 0 Å². The molecule has 5 nitrogen and oxygen atoms in total. The van der Waals surface area contributed by atoms with Crippen LogP contribution in [0, 0.1) is 0 Å². The van der Waals surface area contributed by atoms with Gasteiger partial charge >= 0.3 is 6.18 Å². The third-order valence-corrected chi connectivity index (χ3v) is 4.26. The summed E-state index contributed by atoms with van der Waals surface area (Å²) in [4.78, 5) is 14.3. The number of amides is 1. The van der Waals surface area contributed by atoms with E-state index in [1.165, 1.54) is 31.0 Å². The van der Waals surface area contributed by atoms with Crippen LogP contribution < -0.4 is 10.2 Å². The lowest BCUT2D eigenvalue weighted by atomic mass is 10.2. The Hall–Kier alpha value is -2.64. The van der Waals surface area contributed by atoms with Crippen molar-refractivity contribution in [2.45, 2.75) is 31.9 Å². The van der Waals surface area contributed by atoms with E-state index in [1.54, 1.807) is 6.07 Å². The Morgan fingerprint density at radius 1 is 1.00 bits per heavy atom. The van der Waals surface area contributed by atoms with Gasteiger partial charge in [0.15, 0.2) is 11.5 Å². The van der Waals surface area contributed by atoms with Gasteiger partial charge in [0.1, 0.15) is 0 Å². The molecule has 1 amide bonds. The third kappa shape index (κ3) is 4.50. The van der Waals surface area contributed by atoms with Crippen LogP contribution in [0.1, 0.15) is 41.7 Å². The zero-order valence-electron chi connectivity index (χ0n) is 14.1. The molecule has 0 radical (unpaired) electrons. The number of hydrogen-bond acceptors (Lipinski definition) is 4. The van der Waals surface area contributed by atoms with Crippen molar-refractivity contribution in [3.63, 3.8) is 0 Å². The Bertz CT molecular complexity index is 754. The largest absolute Gasteiger partial charge is 0.416 e. The molecular formula is C18H19F3N4O. The second-order valence-corrected chi connectivity index (χ2v) is 6.21. The lowest BCUT2D eigenvalue weighted by Gasteiger charge is -2.20. The maximum absolute atomic E-state index is 12.7. The van der Waals surface area contributed by atoms with E-state index in [2.05, 4.69) is 20.4 Å². The van der Waals surface area contributed by atoms with Gasteiger partial charge in [-0.1, -0.05) is 18.9 Å². The molecule has 1 aromatic heterocycles. The zero-order chi connectivity index (χ0) is 18.6. The molecule has 0 unspecified atom stereocenters. The molecule has 0 spiro atoms. The molecule has 1 aliphatic rings. The van der Waals surface area contributed by atoms with Crippen molar-refractivity contribution >= 4 is 17.4 Å². The highest BCUT2D eigenvalue weighted by Crippen LogP contribution is 2.30. The fraction of sp³-hybridized carbons (Fsp3) is 0.389. The maximum atomic E-state index is 12.7. The summed E-state index contributed by atoms with van der Waals surface area (Å²) in [5.74, 6) is 0.113. The zero-order valence-corrected chi connectivity index (χ0v) is 14.1. The first-order valence-corrected chi connectivity index (χ1v) is 8.51. The van der Waals surface area contributed by atoms with Crippen molar-refractivity contribution in [3.05, 3.63) is 47.7 Å². The Morgan fingerprint density at radius 2 is 1.73 bits per heavy atom. The Morgan fingerprint density at radius 3 is 2.35 bits per heavy atom. The highest BCUT2D eigenvalue weighted by Gasteiger charge is 2.30. The number of carbonyl (C=O) groups excluding carboxylic acids is 1. The summed E-state index contributed by atoms with van der Waals surface area (Å²) >= 11 is 0. The van der Waals surface area contributed by atoms with Crippen LogP contribution in [0.4, 0.5) is 24.7 Å². The van der Waals surface area contributed by atoms with Crippen LogP contribution in [0.2, 0.25) is 0 Å². The summed E-state index contributed by atoms with van der Waals surface area (Å²) in [6.45, 7) is 1.81. The topological polar surface area (TPSA) is 58.1 Å². The van der Waals surface area contributed by atoms with E-state index in [4.69, 9.17) is 0 Å². The summed E-state index contributed by atoms with van der Waals surface area (Å²) in [7, 11) is 0. The van der Waals surface area contributed by atoms with Crippen molar-refractivity contribution in [3.8, 4) is 0 Å². The van der Waals surface area contributed by atoms with Crippen LogP contribution in [0.15, 0.2) is 36.4 Å². The minimum atomic E-state index is -4.46. The summed E-state index contributed by atoms with van der Waals surface area (Å²) in [5.41, 5.74) is -0.706. The van der Waals surface area contributed by atoms with Crippen LogP contribution in [0.3, 0.4) is 0 Å². The molecular weight excluding hydrogens is 345 g/mol. The number of benzene rings is 1. The van der Waals surface area contributed by atoms with Crippen LogP contribution >= 0.6 is 0 Å². The molecule has 8 heteroatoms. The molecule has 3 rings (SSSR count). The quantitative estimate of drug-likeness (QED) is 0.890. The SMILES string of the molecule is O=C(Nc1cccc(C(F)(F)F)c1)c1ccc(N2CCCCCC2)nn1. The van der Waals surface area contributed by atoms with E-state index in [9.17, 15) is 18.0 Å². The number of halogens is 3. The number of anilines is 2. The fourth-order valence-electron chi connectivity index (χ4n) is 2.88. The first-order chi connectivity index (χ1) is 12.4. The second kappa shape index (κ2) is 7.72. The molecule has 0 bridgehead atoms. The molecule has 0 saturated carbocycles. The van der Waals surface area contributed by atoms with Crippen molar-refractivity contribution in [2.75, 3.05) is 23.3 Å². The standard InChI is InChI=1S/C18H19F3N4O/c19-18(20,21)13-6-5-7-14(12-13)22-17(26)15-8-9-16(24-23-15)25-10-3-1-2-4-11-25/h5-9,12H,1-4,10-11H2,(H,22,26). The number of nitrogens with one attached hydrogen (secondary N) is 1. The van der Waals surface area contributed by atoms with Gasteiger partial charge in [0.25, 0.3) is 5.91 Å². The van der Waals surface area contributed by atoms with E-state index >= 15 is 0 Å². The van der Waals surface area contributed by atoms with E-state index < -0.39 is 17.6 Å². The van der Waals surface area contributed by atoms with Crippen molar-refractivity contribution in [2.24, 2.45) is 0 Å². The average molecular weight is 364 g/mol. The van der Waals surface area contributed by atoms with Crippen LogP contribution in [0.25, 0.3) is 0 Å². The predicted molar refractivity (Wildman–Crippen MR) is 92.1 cm³/mol. The van der Waals surface area contributed by atoms with Gasteiger partial charge < -0.3 is 10.2 Å². The summed E-state index contributed by atoms with van der Waals surface area (Å²) < 4.78 is 38.2. The smallest absolute Gasteiger partial charge is 0.355 e. The molecule has 0 atom stereocenters. The van der Waals surface area contributed by atoms with Crippen molar-refractivity contribution in [1.29, 1.82) is 0 Å². The van der Waals surface area contributed by atoms with Gasteiger partial charge in [-0.15, -0.1) is 10.2 Å². The lowest BCUT2D eigenvalue weighted by molar-refractivity contribution is -0.137. The van der Waals surface area contributed by atoms with Gasteiger partial charge in [0.05, 0.1) is 5.56 Å².